The molecule has 1 N–H and O–H groups in total. The second kappa shape index (κ2) is 6.21. The highest BCUT2D eigenvalue weighted by atomic mass is 15.3. The summed E-state index contributed by atoms with van der Waals surface area (Å²) in [5, 5.41) is 3.18. The monoisotopic (exact) mass is 247 g/mol. The molecule has 0 amide bonds. The topological polar surface area (TPSA) is 18.5 Å². The predicted molar refractivity (Wildman–Crippen MR) is 78.1 cm³/mol. The second-order valence-electron chi connectivity index (χ2n) is 5.19. The molecule has 0 bridgehead atoms. The van der Waals surface area contributed by atoms with E-state index in [4.69, 9.17) is 0 Å². The van der Waals surface area contributed by atoms with E-state index >= 15 is 0 Å². The summed E-state index contributed by atoms with van der Waals surface area (Å²) in [4.78, 5) is 4.99. The molecule has 1 unspecified atom stereocenters. The Morgan fingerprint density at radius 2 is 1.94 bits per heavy atom. The molecule has 1 aliphatic heterocycles. The standard InChI is InChI=1S/C15H25N3/c1-4-14-12-18(10-9-17(14)3)15-7-5-13(6-8-15)11-16-2/h5-8,14,16H,4,9-12H2,1-3H3. The Hall–Kier alpha value is -1.06. The summed E-state index contributed by atoms with van der Waals surface area (Å²) in [5.41, 5.74) is 2.71. The largest absolute Gasteiger partial charge is 0.369 e. The predicted octanol–water partition coefficient (Wildman–Crippen LogP) is 1.94. The smallest absolute Gasteiger partial charge is 0.0367 e. The highest BCUT2D eigenvalue weighted by molar-refractivity contribution is 5.48. The van der Waals surface area contributed by atoms with Crippen LogP contribution in [0.25, 0.3) is 0 Å². The van der Waals surface area contributed by atoms with Gasteiger partial charge in [0.15, 0.2) is 0 Å². The third-order valence-electron chi connectivity index (χ3n) is 3.93. The van der Waals surface area contributed by atoms with Crippen LogP contribution in [0.1, 0.15) is 18.9 Å². The molecule has 2 rings (SSSR count). The quantitative estimate of drug-likeness (QED) is 0.877. The van der Waals surface area contributed by atoms with Crippen molar-refractivity contribution in [2.45, 2.75) is 25.9 Å². The number of benzene rings is 1. The van der Waals surface area contributed by atoms with Crippen LogP contribution in [0.5, 0.6) is 0 Å². The van der Waals surface area contributed by atoms with E-state index in [1.165, 1.54) is 17.7 Å². The van der Waals surface area contributed by atoms with Gasteiger partial charge >= 0.3 is 0 Å². The Kier molecular flexibility index (Phi) is 4.61. The fourth-order valence-corrected chi connectivity index (χ4v) is 2.65. The minimum Gasteiger partial charge on any atom is -0.369 e. The van der Waals surface area contributed by atoms with Crippen LogP contribution in [0, 0.1) is 0 Å². The van der Waals surface area contributed by atoms with Crippen molar-refractivity contribution in [2.75, 3.05) is 38.6 Å². The van der Waals surface area contributed by atoms with E-state index in [2.05, 4.69) is 53.4 Å². The first-order valence-corrected chi connectivity index (χ1v) is 6.93. The first-order valence-electron chi connectivity index (χ1n) is 6.93. The molecule has 3 heteroatoms. The molecule has 1 aromatic carbocycles. The molecule has 0 saturated carbocycles. The molecule has 3 nitrogen and oxygen atoms in total. The average Bonchev–Trinajstić information content (AvgIpc) is 2.41. The van der Waals surface area contributed by atoms with Crippen LogP contribution in [-0.4, -0.2) is 44.7 Å². The van der Waals surface area contributed by atoms with E-state index in [0.717, 1.165) is 26.2 Å². The number of piperazine rings is 1. The summed E-state index contributed by atoms with van der Waals surface area (Å²) >= 11 is 0. The number of nitrogens with zero attached hydrogens (tertiary/aromatic N) is 2. The van der Waals surface area contributed by atoms with Gasteiger partial charge in [0.05, 0.1) is 0 Å². The number of rotatable bonds is 4. The van der Waals surface area contributed by atoms with Crippen LogP contribution in [0.15, 0.2) is 24.3 Å². The first-order chi connectivity index (χ1) is 8.74. The van der Waals surface area contributed by atoms with Crippen LogP contribution in [0.4, 0.5) is 5.69 Å². The van der Waals surface area contributed by atoms with E-state index in [0.29, 0.717) is 6.04 Å². The molecule has 1 atom stereocenters. The van der Waals surface area contributed by atoms with Gasteiger partial charge in [-0.1, -0.05) is 19.1 Å². The molecule has 1 aromatic rings. The fraction of sp³-hybridized carbons (Fsp3) is 0.600. The van der Waals surface area contributed by atoms with Crippen molar-refractivity contribution >= 4 is 5.69 Å². The number of hydrogen-bond donors (Lipinski definition) is 1. The molecule has 0 radical (unpaired) electrons. The third kappa shape index (κ3) is 3.03. The van der Waals surface area contributed by atoms with Gasteiger partial charge in [-0.2, -0.15) is 0 Å². The van der Waals surface area contributed by atoms with Crippen molar-refractivity contribution in [1.29, 1.82) is 0 Å². The molecule has 0 spiro atoms. The van der Waals surface area contributed by atoms with E-state index in [1.807, 2.05) is 7.05 Å². The Morgan fingerprint density at radius 1 is 1.22 bits per heavy atom. The van der Waals surface area contributed by atoms with Gasteiger partial charge in [-0.05, 0) is 38.2 Å². The zero-order valence-corrected chi connectivity index (χ0v) is 11.8. The molecule has 100 valence electrons. The second-order valence-corrected chi connectivity index (χ2v) is 5.19. The van der Waals surface area contributed by atoms with E-state index in [1.54, 1.807) is 0 Å². The van der Waals surface area contributed by atoms with Crippen molar-refractivity contribution in [3.63, 3.8) is 0 Å². The fourth-order valence-electron chi connectivity index (χ4n) is 2.65. The Bertz CT molecular complexity index is 361. The summed E-state index contributed by atoms with van der Waals surface area (Å²) in [5.74, 6) is 0. The zero-order valence-electron chi connectivity index (χ0n) is 11.8. The lowest BCUT2D eigenvalue weighted by Gasteiger charge is -2.40. The summed E-state index contributed by atoms with van der Waals surface area (Å²) in [6, 6.07) is 9.65. The molecule has 1 fully saturated rings. The number of hydrogen-bond acceptors (Lipinski definition) is 3. The minimum absolute atomic E-state index is 0.690. The van der Waals surface area contributed by atoms with Crippen molar-refractivity contribution in [1.82, 2.24) is 10.2 Å². The number of anilines is 1. The molecule has 0 aliphatic carbocycles. The Balaban J connectivity index is 2.02. The normalized spacial score (nSPS) is 21.3. The summed E-state index contributed by atoms with van der Waals surface area (Å²) in [7, 11) is 4.22. The van der Waals surface area contributed by atoms with Crippen molar-refractivity contribution < 1.29 is 0 Å². The molecule has 1 aliphatic rings. The summed E-state index contributed by atoms with van der Waals surface area (Å²) in [6.07, 6.45) is 1.23. The molecule has 18 heavy (non-hydrogen) atoms. The van der Waals surface area contributed by atoms with Crippen LogP contribution in [0.3, 0.4) is 0 Å². The first kappa shape index (κ1) is 13.4. The van der Waals surface area contributed by atoms with Gasteiger partial charge in [0, 0.05) is 37.9 Å². The van der Waals surface area contributed by atoms with Gasteiger partial charge in [0.25, 0.3) is 0 Å². The van der Waals surface area contributed by atoms with Crippen molar-refractivity contribution in [3.05, 3.63) is 29.8 Å². The Labute approximate surface area is 111 Å². The molecule has 1 heterocycles. The maximum Gasteiger partial charge on any atom is 0.0367 e. The molecule has 1 saturated heterocycles. The Morgan fingerprint density at radius 3 is 2.56 bits per heavy atom. The zero-order chi connectivity index (χ0) is 13.0. The van der Waals surface area contributed by atoms with E-state index in [9.17, 15) is 0 Å². The third-order valence-corrected chi connectivity index (χ3v) is 3.93. The van der Waals surface area contributed by atoms with Crippen molar-refractivity contribution in [3.8, 4) is 0 Å². The van der Waals surface area contributed by atoms with Gasteiger partial charge in [0.2, 0.25) is 0 Å². The minimum atomic E-state index is 0.690. The maximum absolute atomic E-state index is 3.18. The van der Waals surface area contributed by atoms with Gasteiger partial charge in [0.1, 0.15) is 0 Å². The van der Waals surface area contributed by atoms with Crippen molar-refractivity contribution in [2.24, 2.45) is 0 Å². The SMILES string of the molecule is CCC1CN(c2ccc(CNC)cc2)CCN1C. The van der Waals surface area contributed by atoms with Gasteiger partial charge in [-0.3, -0.25) is 4.90 Å². The number of nitrogens with one attached hydrogen (secondary N) is 1. The molecular formula is C15H25N3. The lowest BCUT2D eigenvalue weighted by atomic mass is 10.1. The van der Waals surface area contributed by atoms with Crippen LogP contribution < -0.4 is 10.2 Å². The highest BCUT2D eigenvalue weighted by Gasteiger charge is 2.22. The van der Waals surface area contributed by atoms with Gasteiger partial charge in [-0.15, -0.1) is 0 Å². The highest BCUT2D eigenvalue weighted by Crippen LogP contribution is 2.20. The maximum atomic E-state index is 3.18. The lowest BCUT2D eigenvalue weighted by Crippen LogP contribution is -2.51. The molecule has 0 aromatic heterocycles. The van der Waals surface area contributed by atoms with Crippen LogP contribution in [0.2, 0.25) is 0 Å². The lowest BCUT2D eigenvalue weighted by molar-refractivity contribution is 0.213. The van der Waals surface area contributed by atoms with Crippen LogP contribution in [-0.2, 0) is 6.54 Å². The van der Waals surface area contributed by atoms with E-state index < -0.39 is 0 Å². The van der Waals surface area contributed by atoms with Crippen LogP contribution >= 0.6 is 0 Å². The molecular weight excluding hydrogens is 222 g/mol. The number of likely N-dealkylation sites (N-methyl/N-ethyl adjacent to an activating group) is 1. The van der Waals surface area contributed by atoms with E-state index in [-0.39, 0.29) is 0 Å². The van der Waals surface area contributed by atoms with Gasteiger partial charge < -0.3 is 10.2 Å². The van der Waals surface area contributed by atoms with Gasteiger partial charge in [-0.25, -0.2) is 0 Å². The summed E-state index contributed by atoms with van der Waals surface area (Å²) < 4.78 is 0. The average molecular weight is 247 g/mol. The summed E-state index contributed by atoms with van der Waals surface area (Å²) in [6.45, 7) is 6.68.